The van der Waals surface area contributed by atoms with E-state index in [-0.39, 0.29) is 5.91 Å². The molecule has 2 N–H and O–H groups in total. The van der Waals surface area contributed by atoms with E-state index in [1.54, 1.807) is 0 Å². The Bertz CT molecular complexity index is 442. The van der Waals surface area contributed by atoms with Crippen molar-refractivity contribution in [1.29, 1.82) is 0 Å². The minimum atomic E-state index is 0.275. The molecule has 98 valence electrons. The van der Waals surface area contributed by atoms with Gasteiger partial charge < -0.3 is 10.6 Å². The summed E-state index contributed by atoms with van der Waals surface area (Å²) in [5.74, 6) is 0.747. The van der Waals surface area contributed by atoms with Crippen LogP contribution in [-0.4, -0.2) is 17.4 Å². The van der Waals surface area contributed by atoms with Gasteiger partial charge in [0, 0.05) is 25.2 Å². The number of nitrogens with two attached hydrogens (primary N) is 1. The Hall–Kier alpha value is -1.51. The van der Waals surface area contributed by atoms with Crippen molar-refractivity contribution in [3.8, 4) is 0 Å². The fourth-order valence-corrected chi connectivity index (χ4v) is 2.36. The minimum Gasteiger partial charge on any atom is -0.399 e. The van der Waals surface area contributed by atoms with E-state index in [0.29, 0.717) is 12.3 Å². The summed E-state index contributed by atoms with van der Waals surface area (Å²) in [5, 5.41) is 0. The van der Waals surface area contributed by atoms with Crippen molar-refractivity contribution < 1.29 is 4.79 Å². The van der Waals surface area contributed by atoms with Gasteiger partial charge in [-0.1, -0.05) is 26.3 Å². The number of benzene rings is 1. The highest BCUT2D eigenvalue weighted by Gasteiger charge is 2.21. The van der Waals surface area contributed by atoms with E-state index >= 15 is 0 Å². The smallest absolute Gasteiger partial charge is 0.223 e. The van der Waals surface area contributed by atoms with Gasteiger partial charge in [0.25, 0.3) is 0 Å². The van der Waals surface area contributed by atoms with Crippen molar-refractivity contribution in [1.82, 2.24) is 4.90 Å². The zero-order chi connectivity index (χ0) is 13.1. The Labute approximate surface area is 109 Å². The number of amides is 1. The molecule has 0 saturated carbocycles. The van der Waals surface area contributed by atoms with Crippen LogP contribution in [0.1, 0.15) is 37.8 Å². The van der Waals surface area contributed by atoms with Crippen LogP contribution in [0.15, 0.2) is 18.2 Å². The van der Waals surface area contributed by atoms with Crippen LogP contribution in [0.3, 0.4) is 0 Å². The third-order valence-corrected chi connectivity index (χ3v) is 3.82. The first kappa shape index (κ1) is 12.9. The van der Waals surface area contributed by atoms with Gasteiger partial charge >= 0.3 is 0 Å². The van der Waals surface area contributed by atoms with Gasteiger partial charge in [-0.25, -0.2) is 0 Å². The van der Waals surface area contributed by atoms with Gasteiger partial charge in [0.05, 0.1) is 0 Å². The second-order valence-corrected chi connectivity index (χ2v) is 5.31. The van der Waals surface area contributed by atoms with Gasteiger partial charge in [-0.3, -0.25) is 4.79 Å². The average Bonchev–Trinajstić information content (AvgIpc) is 2.37. The molecule has 1 aromatic carbocycles. The van der Waals surface area contributed by atoms with Crippen LogP contribution >= 0.6 is 0 Å². The number of hydrogen-bond acceptors (Lipinski definition) is 2. The molecule has 0 fully saturated rings. The molecular weight excluding hydrogens is 224 g/mol. The number of carbonyl (C=O) groups is 1. The van der Waals surface area contributed by atoms with E-state index < -0.39 is 0 Å². The summed E-state index contributed by atoms with van der Waals surface area (Å²) >= 11 is 0. The topological polar surface area (TPSA) is 46.3 Å². The molecule has 1 aromatic rings. The minimum absolute atomic E-state index is 0.275. The molecule has 0 radical (unpaired) electrons. The van der Waals surface area contributed by atoms with Crippen LogP contribution in [0.25, 0.3) is 0 Å². The Morgan fingerprint density at radius 2 is 2.22 bits per heavy atom. The molecular formula is C15H22N2O. The number of fused-ring (bicyclic) bond motifs is 1. The maximum atomic E-state index is 12.2. The van der Waals surface area contributed by atoms with Crippen LogP contribution in [0.5, 0.6) is 0 Å². The van der Waals surface area contributed by atoms with Crippen LogP contribution in [0.4, 0.5) is 5.69 Å². The van der Waals surface area contributed by atoms with Crippen LogP contribution in [0, 0.1) is 5.92 Å². The Kier molecular flexibility index (Phi) is 3.90. The molecule has 0 saturated heterocycles. The zero-order valence-electron chi connectivity index (χ0n) is 11.3. The maximum absolute atomic E-state index is 12.2. The number of rotatable bonds is 3. The number of hydrogen-bond donors (Lipinski definition) is 1. The van der Waals surface area contributed by atoms with Crippen LogP contribution in [0.2, 0.25) is 0 Å². The van der Waals surface area contributed by atoms with Crippen LogP contribution in [-0.2, 0) is 17.8 Å². The Morgan fingerprint density at radius 1 is 1.44 bits per heavy atom. The summed E-state index contributed by atoms with van der Waals surface area (Å²) in [4.78, 5) is 14.1. The molecule has 1 aliphatic rings. The van der Waals surface area contributed by atoms with Crippen molar-refractivity contribution in [2.75, 3.05) is 12.3 Å². The quantitative estimate of drug-likeness (QED) is 0.833. The molecule has 1 atom stereocenters. The summed E-state index contributed by atoms with van der Waals surface area (Å²) in [5.41, 5.74) is 9.12. The monoisotopic (exact) mass is 246 g/mol. The Balaban J connectivity index is 2.05. The summed E-state index contributed by atoms with van der Waals surface area (Å²) in [6.07, 6.45) is 2.67. The van der Waals surface area contributed by atoms with Crippen molar-refractivity contribution in [3.05, 3.63) is 29.3 Å². The second-order valence-electron chi connectivity index (χ2n) is 5.31. The molecule has 2 rings (SSSR count). The molecule has 1 aliphatic heterocycles. The number of anilines is 1. The van der Waals surface area contributed by atoms with Gasteiger partial charge in [0.1, 0.15) is 0 Å². The van der Waals surface area contributed by atoms with Gasteiger partial charge in [0.15, 0.2) is 0 Å². The van der Waals surface area contributed by atoms with E-state index in [4.69, 9.17) is 5.73 Å². The molecule has 18 heavy (non-hydrogen) atoms. The van der Waals surface area contributed by atoms with Crippen molar-refractivity contribution in [2.24, 2.45) is 5.92 Å². The number of carbonyl (C=O) groups excluding carboxylic acids is 1. The lowest BCUT2D eigenvalue weighted by atomic mass is 9.97. The van der Waals surface area contributed by atoms with Crippen molar-refractivity contribution in [2.45, 2.75) is 39.7 Å². The Morgan fingerprint density at radius 3 is 2.94 bits per heavy atom. The molecule has 1 amide bonds. The summed E-state index contributed by atoms with van der Waals surface area (Å²) < 4.78 is 0. The largest absolute Gasteiger partial charge is 0.399 e. The normalized spacial score (nSPS) is 16.2. The van der Waals surface area contributed by atoms with Gasteiger partial charge in [0.2, 0.25) is 5.91 Å². The SMILES string of the molecule is CCC(C)CC(=O)N1CCc2ccc(N)cc2C1. The molecule has 0 aromatic heterocycles. The lowest BCUT2D eigenvalue weighted by Crippen LogP contribution is -2.36. The lowest BCUT2D eigenvalue weighted by Gasteiger charge is -2.30. The van der Waals surface area contributed by atoms with Gasteiger partial charge in [-0.15, -0.1) is 0 Å². The predicted octanol–water partition coefficient (Wildman–Crippen LogP) is 2.59. The zero-order valence-corrected chi connectivity index (χ0v) is 11.3. The predicted molar refractivity (Wildman–Crippen MR) is 74.0 cm³/mol. The molecule has 1 unspecified atom stereocenters. The van der Waals surface area contributed by atoms with E-state index in [2.05, 4.69) is 19.9 Å². The first-order chi connectivity index (χ1) is 8.60. The van der Waals surface area contributed by atoms with Gasteiger partial charge in [-0.05, 0) is 35.6 Å². The average molecular weight is 246 g/mol. The number of nitrogens with zero attached hydrogens (tertiary/aromatic N) is 1. The summed E-state index contributed by atoms with van der Waals surface area (Å²) in [6.45, 7) is 5.82. The molecule has 0 spiro atoms. The number of nitrogen functional groups attached to an aromatic ring is 1. The first-order valence-corrected chi connectivity index (χ1v) is 6.75. The molecule has 3 nitrogen and oxygen atoms in total. The molecule has 0 bridgehead atoms. The summed E-state index contributed by atoms with van der Waals surface area (Å²) in [7, 11) is 0. The standard InChI is InChI=1S/C15H22N2O/c1-3-11(2)8-15(18)17-7-6-12-4-5-14(16)9-13(12)10-17/h4-5,9,11H,3,6-8,10,16H2,1-2H3. The highest BCUT2D eigenvalue weighted by atomic mass is 16.2. The molecule has 1 heterocycles. The fraction of sp³-hybridized carbons (Fsp3) is 0.533. The van der Waals surface area contributed by atoms with Crippen molar-refractivity contribution in [3.63, 3.8) is 0 Å². The molecule has 0 aliphatic carbocycles. The second kappa shape index (κ2) is 5.42. The van der Waals surface area contributed by atoms with E-state index in [0.717, 1.165) is 31.6 Å². The fourth-order valence-electron chi connectivity index (χ4n) is 2.36. The summed E-state index contributed by atoms with van der Waals surface area (Å²) in [6, 6.07) is 6.02. The third kappa shape index (κ3) is 2.84. The van der Waals surface area contributed by atoms with Crippen molar-refractivity contribution >= 4 is 11.6 Å². The third-order valence-electron chi connectivity index (χ3n) is 3.82. The van der Waals surface area contributed by atoms with Gasteiger partial charge in [-0.2, -0.15) is 0 Å². The van der Waals surface area contributed by atoms with E-state index in [1.165, 1.54) is 11.1 Å². The highest BCUT2D eigenvalue weighted by molar-refractivity contribution is 5.76. The highest BCUT2D eigenvalue weighted by Crippen LogP contribution is 2.22. The van der Waals surface area contributed by atoms with E-state index in [9.17, 15) is 4.79 Å². The molecule has 3 heteroatoms. The lowest BCUT2D eigenvalue weighted by molar-refractivity contribution is -0.133. The van der Waals surface area contributed by atoms with E-state index in [1.807, 2.05) is 17.0 Å². The van der Waals surface area contributed by atoms with Crippen LogP contribution < -0.4 is 5.73 Å². The first-order valence-electron chi connectivity index (χ1n) is 6.75. The maximum Gasteiger partial charge on any atom is 0.223 e.